The molecular formula is C6H5N9. The topological polar surface area (TPSA) is 124 Å². The van der Waals surface area contributed by atoms with Crippen LogP contribution in [0.1, 0.15) is 0 Å². The molecule has 9 heteroatoms. The fourth-order valence-corrected chi connectivity index (χ4v) is 1.24. The molecule has 3 heterocycles. The summed E-state index contributed by atoms with van der Waals surface area (Å²) in [6.45, 7) is 0. The Morgan fingerprint density at radius 2 is 2.27 bits per heavy atom. The number of aromatic nitrogens is 8. The summed E-state index contributed by atoms with van der Waals surface area (Å²) in [5.74, 6) is 1.18. The van der Waals surface area contributed by atoms with Crippen molar-refractivity contribution >= 4 is 11.6 Å². The molecule has 0 unspecified atom stereocenters. The second-order valence-electron chi connectivity index (χ2n) is 2.76. The summed E-state index contributed by atoms with van der Waals surface area (Å²) in [5, 5.41) is 17.3. The SMILES string of the molecule is Nc1c(-c2nn[nH]n2)cnc2ncnn12. The lowest BCUT2D eigenvalue weighted by Gasteiger charge is -2.00. The first-order valence-electron chi connectivity index (χ1n) is 4.04. The zero-order valence-corrected chi connectivity index (χ0v) is 7.36. The van der Waals surface area contributed by atoms with Crippen LogP contribution in [0.2, 0.25) is 0 Å². The lowest BCUT2D eigenvalue weighted by Crippen LogP contribution is -2.03. The van der Waals surface area contributed by atoms with Gasteiger partial charge in [-0.2, -0.15) is 19.8 Å². The predicted molar refractivity (Wildman–Crippen MR) is 48.4 cm³/mol. The van der Waals surface area contributed by atoms with Crippen molar-refractivity contribution in [3.63, 3.8) is 0 Å². The quantitative estimate of drug-likeness (QED) is 0.513. The normalized spacial score (nSPS) is 10.9. The van der Waals surface area contributed by atoms with E-state index in [0.717, 1.165) is 0 Å². The number of H-pyrrole nitrogens is 1. The summed E-state index contributed by atoms with van der Waals surface area (Å²) in [7, 11) is 0. The van der Waals surface area contributed by atoms with E-state index in [-0.39, 0.29) is 0 Å². The Kier molecular flexibility index (Phi) is 1.40. The maximum Gasteiger partial charge on any atom is 0.254 e. The molecule has 3 rings (SSSR count). The molecule has 0 radical (unpaired) electrons. The Bertz CT molecular complexity index is 594. The number of anilines is 1. The number of nitrogens with one attached hydrogen (secondary N) is 1. The molecule has 0 aliphatic carbocycles. The van der Waals surface area contributed by atoms with Gasteiger partial charge in [0.2, 0.25) is 5.82 Å². The molecule has 3 N–H and O–H groups in total. The zero-order chi connectivity index (χ0) is 10.3. The lowest BCUT2D eigenvalue weighted by atomic mass is 10.3. The number of aromatic amines is 1. The van der Waals surface area contributed by atoms with Crippen LogP contribution in [0.15, 0.2) is 12.5 Å². The van der Waals surface area contributed by atoms with E-state index in [1.165, 1.54) is 17.0 Å². The van der Waals surface area contributed by atoms with Crippen molar-refractivity contribution < 1.29 is 0 Å². The molecule has 0 saturated carbocycles. The Balaban J connectivity index is 2.32. The van der Waals surface area contributed by atoms with E-state index in [1.807, 2.05) is 0 Å². The molecule has 0 amide bonds. The number of hydrogen-bond acceptors (Lipinski definition) is 7. The molecule has 0 bridgehead atoms. The fraction of sp³-hybridized carbons (Fsp3) is 0. The monoisotopic (exact) mass is 203 g/mol. The minimum Gasteiger partial charge on any atom is -0.383 e. The van der Waals surface area contributed by atoms with Crippen LogP contribution in [0, 0.1) is 0 Å². The minimum atomic E-state index is 0.373. The van der Waals surface area contributed by atoms with Gasteiger partial charge in [0.1, 0.15) is 12.1 Å². The fourth-order valence-electron chi connectivity index (χ4n) is 1.24. The van der Waals surface area contributed by atoms with Gasteiger partial charge in [-0.3, -0.25) is 0 Å². The summed E-state index contributed by atoms with van der Waals surface area (Å²) in [4.78, 5) is 7.94. The number of nitrogens with two attached hydrogens (primary N) is 1. The Morgan fingerprint density at radius 3 is 3.07 bits per heavy atom. The molecule has 9 nitrogen and oxygen atoms in total. The van der Waals surface area contributed by atoms with E-state index in [4.69, 9.17) is 5.73 Å². The Hall–Kier alpha value is -2.58. The van der Waals surface area contributed by atoms with Gasteiger partial charge in [-0.15, -0.1) is 10.2 Å². The number of rotatable bonds is 1. The first kappa shape index (κ1) is 7.79. The van der Waals surface area contributed by atoms with E-state index in [0.29, 0.717) is 23.0 Å². The summed E-state index contributed by atoms with van der Waals surface area (Å²) >= 11 is 0. The summed E-state index contributed by atoms with van der Waals surface area (Å²) in [5.41, 5.74) is 6.41. The third-order valence-corrected chi connectivity index (χ3v) is 1.93. The van der Waals surface area contributed by atoms with Gasteiger partial charge in [-0.05, 0) is 5.21 Å². The highest BCUT2D eigenvalue weighted by Gasteiger charge is 2.12. The van der Waals surface area contributed by atoms with Crippen LogP contribution in [0.4, 0.5) is 5.82 Å². The van der Waals surface area contributed by atoms with Crippen molar-refractivity contribution in [2.75, 3.05) is 5.73 Å². The van der Waals surface area contributed by atoms with Gasteiger partial charge < -0.3 is 5.73 Å². The summed E-state index contributed by atoms with van der Waals surface area (Å²) in [6, 6.07) is 0. The van der Waals surface area contributed by atoms with E-state index in [9.17, 15) is 0 Å². The molecule has 0 saturated heterocycles. The van der Waals surface area contributed by atoms with Crippen LogP contribution in [0.25, 0.3) is 17.2 Å². The first-order chi connectivity index (χ1) is 7.36. The average molecular weight is 203 g/mol. The highest BCUT2D eigenvalue weighted by atomic mass is 15.5. The number of nitrogen functional groups attached to an aromatic ring is 1. The van der Waals surface area contributed by atoms with Gasteiger partial charge in [-0.1, -0.05) is 0 Å². The third kappa shape index (κ3) is 1.03. The highest BCUT2D eigenvalue weighted by molar-refractivity contribution is 5.68. The maximum atomic E-state index is 5.85. The van der Waals surface area contributed by atoms with Crippen LogP contribution < -0.4 is 5.73 Å². The largest absolute Gasteiger partial charge is 0.383 e. The minimum absolute atomic E-state index is 0.373. The smallest absolute Gasteiger partial charge is 0.254 e. The van der Waals surface area contributed by atoms with E-state index in [2.05, 4.69) is 35.7 Å². The number of nitrogens with zero attached hydrogens (tertiary/aromatic N) is 7. The van der Waals surface area contributed by atoms with Crippen LogP contribution in [0.3, 0.4) is 0 Å². The lowest BCUT2D eigenvalue weighted by molar-refractivity contribution is 0.881. The standard InChI is InChI=1S/C6H5N9/c7-4-3(5-11-13-14-12-5)1-8-6-9-2-10-15(4)6/h1-2H,7H2,(H,11,12,13,14). The number of fused-ring (bicyclic) bond motifs is 1. The second kappa shape index (κ2) is 2.70. The van der Waals surface area contributed by atoms with Crippen molar-refractivity contribution in [1.29, 1.82) is 0 Å². The summed E-state index contributed by atoms with van der Waals surface area (Å²) < 4.78 is 1.41. The molecular weight excluding hydrogens is 198 g/mol. The molecule has 3 aromatic rings. The summed E-state index contributed by atoms with van der Waals surface area (Å²) in [6.07, 6.45) is 2.91. The molecule has 0 atom stereocenters. The molecule has 15 heavy (non-hydrogen) atoms. The van der Waals surface area contributed by atoms with Gasteiger partial charge in [0.15, 0.2) is 0 Å². The van der Waals surface area contributed by atoms with Crippen molar-refractivity contribution in [2.24, 2.45) is 0 Å². The van der Waals surface area contributed by atoms with Crippen LogP contribution in [-0.2, 0) is 0 Å². The van der Waals surface area contributed by atoms with Crippen LogP contribution in [-0.4, -0.2) is 40.2 Å². The second-order valence-corrected chi connectivity index (χ2v) is 2.76. The highest BCUT2D eigenvalue weighted by Crippen LogP contribution is 2.19. The van der Waals surface area contributed by atoms with E-state index >= 15 is 0 Å². The van der Waals surface area contributed by atoms with Gasteiger partial charge in [0, 0.05) is 6.20 Å². The average Bonchev–Trinajstić information content (AvgIpc) is 2.87. The van der Waals surface area contributed by atoms with Crippen LogP contribution in [0.5, 0.6) is 0 Å². The van der Waals surface area contributed by atoms with E-state index in [1.54, 1.807) is 0 Å². The van der Waals surface area contributed by atoms with Crippen LogP contribution >= 0.6 is 0 Å². The first-order valence-corrected chi connectivity index (χ1v) is 4.04. The van der Waals surface area contributed by atoms with Gasteiger partial charge in [-0.25, -0.2) is 4.98 Å². The molecule has 0 aliphatic heterocycles. The van der Waals surface area contributed by atoms with Crippen molar-refractivity contribution in [1.82, 2.24) is 40.2 Å². The molecule has 0 aliphatic rings. The molecule has 3 aromatic heterocycles. The van der Waals surface area contributed by atoms with E-state index < -0.39 is 0 Å². The Morgan fingerprint density at radius 1 is 1.33 bits per heavy atom. The van der Waals surface area contributed by atoms with Crippen molar-refractivity contribution in [3.8, 4) is 11.4 Å². The van der Waals surface area contributed by atoms with Gasteiger partial charge >= 0.3 is 0 Å². The molecule has 0 spiro atoms. The van der Waals surface area contributed by atoms with Gasteiger partial charge in [0.05, 0.1) is 5.56 Å². The zero-order valence-electron chi connectivity index (χ0n) is 7.36. The Labute approximate surface area is 82.3 Å². The van der Waals surface area contributed by atoms with Crippen molar-refractivity contribution in [2.45, 2.75) is 0 Å². The molecule has 0 fully saturated rings. The van der Waals surface area contributed by atoms with Crippen molar-refractivity contribution in [3.05, 3.63) is 12.5 Å². The molecule has 0 aromatic carbocycles. The van der Waals surface area contributed by atoms with Gasteiger partial charge in [0.25, 0.3) is 5.78 Å². The predicted octanol–water partition coefficient (Wildman–Crippen LogP) is -1.11. The third-order valence-electron chi connectivity index (χ3n) is 1.93. The maximum absolute atomic E-state index is 5.85. The molecule has 74 valence electrons. The number of tetrazole rings is 1. The number of hydrogen-bond donors (Lipinski definition) is 2.